The summed E-state index contributed by atoms with van der Waals surface area (Å²) >= 11 is 0. The largest absolute Gasteiger partial charge is 0.332 e. The van der Waals surface area contributed by atoms with Gasteiger partial charge < -0.3 is 15.1 Å². The molecule has 3 aliphatic heterocycles. The van der Waals surface area contributed by atoms with Crippen molar-refractivity contribution in [2.24, 2.45) is 0 Å². The lowest BCUT2D eigenvalue weighted by Gasteiger charge is -2.34. The third-order valence-corrected chi connectivity index (χ3v) is 7.66. The number of pyridine rings is 1. The van der Waals surface area contributed by atoms with Gasteiger partial charge in [-0.1, -0.05) is 36.4 Å². The molecule has 3 aliphatic rings. The van der Waals surface area contributed by atoms with Gasteiger partial charge in [0.2, 0.25) is 0 Å². The van der Waals surface area contributed by atoms with Gasteiger partial charge in [-0.2, -0.15) is 5.26 Å². The topological polar surface area (TPSA) is 110 Å². The van der Waals surface area contributed by atoms with Crippen molar-refractivity contribution in [1.82, 2.24) is 14.8 Å². The molecule has 0 saturated carbocycles. The molecule has 7 rings (SSSR count). The Hall–Kier alpha value is -4.97. The van der Waals surface area contributed by atoms with Gasteiger partial charge in [-0.3, -0.25) is 9.78 Å². The molecular formula is C28H20N6O3. The number of nitrogens with zero attached hydrogens (tertiary/aromatic N) is 5. The fraction of sp³-hybridized carbons (Fsp3) is 0.179. The van der Waals surface area contributed by atoms with E-state index in [4.69, 9.17) is 0 Å². The molecule has 9 nitrogen and oxygen atoms in total. The van der Waals surface area contributed by atoms with Crippen LogP contribution >= 0.6 is 0 Å². The Kier molecular flexibility index (Phi) is 4.48. The number of aromatic nitrogens is 1. The van der Waals surface area contributed by atoms with Crippen molar-refractivity contribution < 1.29 is 14.4 Å². The lowest BCUT2D eigenvalue weighted by Crippen LogP contribution is -2.55. The summed E-state index contributed by atoms with van der Waals surface area (Å²) in [5, 5.41) is 15.0. The van der Waals surface area contributed by atoms with Crippen molar-refractivity contribution in [1.29, 1.82) is 5.26 Å². The molecular weight excluding hydrogens is 468 g/mol. The minimum absolute atomic E-state index is 0.238. The summed E-state index contributed by atoms with van der Waals surface area (Å²) in [5.41, 5.74) is 1.91. The predicted molar refractivity (Wildman–Crippen MR) is 137 cm³/mol. The number of benzene rings is 3. The second-order valence-electron chi connectivity index (χ2n) is 9.52. The van der Waals surface area contributed by atoms with E-state index in [1.165, 1.54) is 4.90 Å². The second kappa shape index (κ2) is 7.77. The fourth-order valence-electron chi connectivity index (χ4n) is 6.08. The Morgan fingerprint density at radius 3 is 2.68 bits per heavy atom. The maximum absolute atomic E-state index is 13.7. The molecule has 0 aliphatic carbocycles. The molecule has 3 fully saturated rings. The summed E-state index contributed by atoms with van der Waals surface area (Å²) in [7, 11) is 0. The number of fused-ring (bicyclic) bond motifs is 7. The highest BCUT2D eigenvalue weighted by molar-refractivity contribution is 6.25. The normalized spacial score (nSPS) is 22.1. The number of piperazine rings is 1. The Morgan fingerprint density at radius 2 is 1.81 bits per heavy atom. The lowest BCUT2D eigenvalue weighted by molar-refractivity contribution is -0.120. The number of carbonyl (C=O) groups is 3. The van der Waals surface area contributed by atoms with E-state index in [2.05, 4.69) is 16.4 Å². The second-order valence-corrected chi connectivity index (χ2v) is 9.52. The van der Waals surface area contributed by atoms with E-state index in [0.29, 0.717) is 40.8 Å². The first kappa shape index (κ1) is 21.3. The first-order chi connectivity index (χ1) is 18.1. The van der Waals surface area contributed by atoms with Crippen molar-refractivity contribution in [2.45, 2.75) is 24.5 Å². The smallest absolute Gasteiger partial charge is 0.317 e. The van der Waals surface area contributed by atoms with E-state index in [0.717, 1.165) is 10.8 Å². The molecule has 0 spiro atoms. The molecule has 0 radical (unpaired) electrons. The Balaban J connectivity index is 1.20. The number of likely N-dealkylation sites (tertiary alicyclic amines) is 1. The van der Waals surface area contributed by atoms with Crippen molar-refractivity contribution in [3.8, 4) is 6.07 Å². The van der Waals surface area contributed by atoms with E-state index < -0.39 is 18.1 Å². The molecule has 5 amide bonds. The quantitative estimate of drug-likeness (QED) is 0.428. The molecule has 2 bridgehead atoms. The molecule has 4 heterocycles. The number of imide groups is 1. The molecule has 4 aromatic rings. The molecule has 180 valence electrons. The van der Waals surface area contributed by atoms with Crippen LogP contribution in [0.3, 0.4) is 0 Å². The van der Waals surface area contributed by atoms with Crippen LogP contribution in [0.1, 0.15) is 12.0 Å². The first-order valence-electron chi connectivity index (χ1n) is 12.1. The molecule has 3 atom stereocenters. The number of hydrogen-bond acceptors (Lipinski definition) is 5. The number of rotatable bonds is 2. The summed E-state index contributed by atoms with van der Waals surface area (Å²) in [5.74, 6) is -0.366. The number of nitriles is 1. The Labute approximate surface area is 211 Å². The van der Waals surface area contributed by atoms with Gasteiger partial charge in [-0.15, -0.1) is 0 Å². The van der Waals surface area contributed by atoms with Crippen LogP contribution in [0.25, 0.3) is 21.7 Å². The van der Waals surface area contributed by atoms with Crippen LogP contribution in [-0.2, 0) is 4.79 Å². The molecule has 3 saturated heterocycles. The van der Waals surface area contributed by atoms with Gasteiger partial charge in [0.05, 0.1) is 34.5 Å². The maximum Gasteiger partial charge on any atom is 0.332 e. The minimum Gasteiger partial charge on any atom is -0.317 e. The fourth-order valence-corrected chi connectivity index (χ4v) is 6.08. The highest BCUT2D eigenvalue weighted by Crippen LogP contribution is 2.43. The summed E-state index contributed by atoms with van der Waals surface area (Å²) < 4.78 is 0. The average Bonchev–Trinajstić information content (AvgIpc) is 3.60. The number of urea groups is 2. The monoisotopic (exact) mass is 488 g/mol. The first-order valence-corrected chi connectivity index (χ1v) is 12.1. The number of amides is 5. The Bertz CT molecular complexity index is 1690. The standard InChI is InChI=1S/C28H20N6O3/c29-14-17-10-11-22(20-8-4-12-30-24(17)20)34-26(35)25-23-13-18(33(25)28(34)37)15-32(23)27(36)31-21-9-3-6-16-5-1-2-7-19(16)21/h1-12,18,23,25H,13,15H2,(H,31,36)/t18-,23?,25-/m1/s1. The summed E-state index contributed by atoms with van der Waals surface area (Å²) in [6.45, 7) is 0.361. The van der Waals surface area contributed by atoms with Crippen LogP contribution in [0.4, 0.5) is 21.0 Å². The third-order valence-electron chi connectivity index (χ3n) is 7.66. The molecule has 1 N–H and O–H groups in total. The van der Waals surface area contributed by atoms with E-state index in [1.807, 2.05) is 42.5 Å². The molecule has 3 aromatic carbocycles. The Morgan fingerprint density at radius 1 is 1.00 bits per heavy atom. The highest BCUT2D eigenvalue weighted by atomic mass is 16.2. The van der Waals surface area contributed by atoms with E-state index in [1.54, 1.807) is 40.3 Å². The van der Waals surface area contributed by atoms with E-state index >= 15 is 0 Å². The number of nitrogens with one attached hydrogen (secondary N) is 1. The zero-order chi connectivity index (χ0) is 25.3. The summed E-state index contributed by atoms with van der Waals surface area (Å²) in [6.07, 6.45) is 2.14. The van der Waals surface area contributed by atoms with Gasteiger partial charge in [-0.05, 0) is 42.1 Å². The van der Waals surface area contributed by atoms with Crippen LogP contribution in [0, 0.1) is 11.3 Å². The highest BCUT2D eigenvalue weighted by Gasteiger charge is 2.63. The van der Waals surface area contributed by atoms with Gasteiger partial charge in [0, 0.05) is 23.5 Å². The SMILES string of the molecule is N#Cc1ccc(N2C(=O)[C@H]3C4C[C@H](CN4C(=O)Nc4cccc5ccccc45)N3C2=O)c2cccnc12. The van der Waals surface area contributed by atoms with Crippen LogP contribution in [0.15, 0.2) is 72.9 Å². The van der Waals surface area contributed by atoms with Gasteiger partial charge in [0.15, 0.2) is 0 Å². The van der Waals surface area contributed by atoms with E-state index in [-0.39, 0.29) is 18.0 Å². The van der Waals surface area contributed by atoms with Crippen LogP contribution in [0.2, 0.25) is 0 Å². The van der Waals surface area contributed by atoms with Crippen LogP contribution in [-0.4, -0.2) is 57.4 Å². The van der Waals surface area contributed by atoms with Crippen molar-refractivity contribution >= 4 is 51.0 Å². The number of hydrogen-bond donors (Lipinski definition) is 1. The van der Waals surface area contributed by atoms with Crippen molar-refractivity contribution in [3.05, 3.63) is 78.5 Å². The maximum atomic E-state index is 13.7. The third kappa shape index (κ3) is 2.96. The summed E-state index contributed by atoms with van der Waals surface area (Å²) in [4.78, 5) is 49.4. The molecule has 9 heteroatoms. The van der Waals surface area contributed by atoms with Crippen LogP contribution < -0.4 is 10.2 Å². The zero-order valence-electron chi connectivity index (χ0n) is 19.5. The van der Waals surface area contributed by atoms with Gasteiger partial charge in [0.1, 0.15) is 12.1 Å². The van der Waals surface area contributed by atoms with E-state index in [9.17, 15) is 19.6 Å². The van der Waals surface area contributed by atoms with Gasteiger partial charge >= 0.3 is 12.1 Å². The predicted octanol–water partition coefficient (Wildman–Crippen LogP) is 4.09. The number of carbonyl (C=O) groups excluding carboxylic acids is 3. The van der Waals surface area contributed by atoms with Crippen molar-refractivity contribution in [2.75, 3.05) is 16.8 Å². The van der Waals surface area contributed by atoms with Gasteiger partial charge in [-0.25, -0.2) is 14.5 Å². The molecule has 1 unspecified atom stereocenters. The molecule has 37 heavy (non-hydrogen) atoms. The van der Waals surface area contributed by atoms with Crippen molar-refractivity contribution in [3.63, 3.8) is 0 Å². The lowest BCUT2D eigenvalue weighted by atomic mass is 10.1. The van der Waals surface area contributed by atoms with Gasteiger partial charge in [0.25, 0.3) is 5.91 Å². The number of anilines is 2. The zero-order valence-corrected chi connectivity index (χ0v) is 19.5. The summed E-state index contributed by atoms with van der Waals surface area (Å²) in [6, 6.07) is 20.2. The van der Waals surface area contributed by atoms with Crippen LogP contribution in [0.5, 0.6) is 0 Å². The average molecular weight is 489 g/mol. The minimum atomic E-state index is -0.744. The molecule has 1 aromatic heterocycles.